The van der Waals surface area contributed by atoms with E-state index >= 15 is 0 Å². The third kappa shape index (κ3) is 6.28. The van der Waals surface area contributed by atoms with Crippen molar-refractivity contribution >= 4 is 21.0 Å². The van der Waals surface area contributed by atoms with E-state index in [2.05, 4.69) is 92.7 Å². The number of aryl methyl sites for hydroxylation is 2. The second-order valence-electron chi connectivity index (χ2n) is 7.18. The molecule has 0 saturated heterocycles. The summed E-state index contributed by atoms with van der Waals surface area (Å²) in [7, 11) is -4.88. The van der Waals surface area contributed by atoms with Gasteiger partial charge in [-0.25, -0.2) is 17.2 Å². The lowest BCUT2D eigenvalue weighted by atomic mass is 10.2. The largest absolute Gasteiger partial charge is 0.744 e. The molecule has 170 valence electrons. The van der Waals surface area contributed by atoms with E-state index in [9.17, 15) is 21.8 Å². The van der Waals surface area contributed by atoms with Crippen molar-refractivity contribution in [3.8, 4) is 0 Å². The third-order valence-electron chi connectivity index (χ3n) is 4.73. The average Bonchev–Trinajstić information content (AvgIpc) is 2.77. The van der Waals surface area contributed by atoms with Gasteiger partial charge in [0.2, 0.25) is 0 Å². The van der Waals surface area contributed by atoms with Crippen molar-refractivity contribution < 1.29 is 21.8 Å². The maximum absolute atomic E-state index is 12.5. The van der Waals surface area contributed by atoms with Gasteiger partial charge in [-0.2, -0.15) is 0 Å². The van der Waals surface area contributed by atoms with Gasteiger partial charge in [-0.05, 0) is 50.2 Å². The topological polar surface area (TPSA) is 57.2 Å². The van der Waals surface area contributed by atoms with Crippen LogP contribution in [0.1, 0.15) is 11.1 Å². The monoisotopic (exact) mass is 484 g/mol. The summed E-state index contributed by atoms with van der Waals surface area (Å²) in [6.07, 6.45) is 0. The van der Waals surface area contributed by atoms with E-state index in [-0.39, 0.29) is 10.9 Å². The Balaban J connectivity index is 0.000000218. The van der Waals surface area contributed by atoms with E-state index in [0.717, 1.165) is 0 Å². The molecule has 0 N–H and O–H groups in total. The molecule has 0 aliphatic carbocycles. The normalized spacial score (nSPS) is 11.1. The van der Waals surface area contributed by atoms with Crippen molar-refractivity contribution in [2.75, 3.05) is 0 Å². The van der Waals surface area contributed by atoms with Crippen LogP contribution in [0, 0.1) is 25.5 Å². The quantitative estimate of drug-likeness (QED) is 0.253. The Bertz CT molecular complexity index is 1270. The van der Waals surface area contributed by atoms with E-state index in [1.165, 1.54) is 25.8 Å². The van der Waals surface area contributed by atoms with Crippen molar-refractivity contribution in [2.24, 2.45) is 0 Å². The summed E-state index contributed by atoms with van der Waals surface area (Å²) in [5.41, 5.74) is 2.73. The molecule has 4 aromatic carbocycles. The Hall–Kier alpha value is -3.00. The van der Waals surface area contributed by atoms with Gasteiger partial charge in [-0.15, -0.1) is 0 Å². The highest BCUT2D eigenvalue weighted by Gasteiger charge is 2.31. The Labute approximate surface area is 195 Å². The molecule has 0 aromatic heterocycles. The van der Waals surface area contributed by atoms with Crippen molar-refractivity contribution in [3.63, 3.8) is 0 Å². The zero-order valence-electron chi connectivity index (χ0n) is 18.0. The number of rotatable bonds is 4. The molecule has 4 aromatic rings. The molecule has 0 unspecified atom stereocenters. The Morgan fingerprint density at radius 2 is 1.18 bits per heavy atom. The fourth-order valence-corrected chi connectivity index (χ4v) is 6.20. The van der Waals surface area contributed by atoms with Gasteiger partial charge in [0.1, 0.15) is 21.8 Å². The van der Waals surface area contributed by atoms with Crippen LogP contribution >= 0.6 is 0 Å². The van der Waals surface area contributed by atoms with Gasteiger partial charge in [-0.3, -0.25) is 0 Å². The van der Waals surface area contributed by atoms with Crippen molar-refractivity contribution in [3.05, 3.63) is 120 Å². The van der Waals surface area contributed by atoms with E-state index in [1.54, 1.807) is 0 Å². The fourth-order valence-electron chi connectivity index (χ4n) is 3.28. The summed E-state index contributed by atoms with van der Waals surface area (Å²) in [6, 6.07) is 29.9. The highest BCUT2D eigenvalue weighted by Crippen LogP contribution is 2.34. The zero-order valence-corrected chi connectivity index (χ0v) is 19.7. The minimum absolute atomic E-state index is 0.0378. The molecule has 3 nitrogen and oxygen atoms in total. The summed E-state index contributed by atoms with van der Waals surface area (Å²) < 4.78 is 55.5. The molecule has 7 heteroatoms. The Morgan fingerprint density at radius 1 is 0.697 bits per heavy atom. The van der Waals surface area contributed by atoms with Crippen LogP contribution in [0.25, 0.3) is 0 Å². The molecule has 4 rings (SSSR count). The maximum Gasteiger partial charge on any atom is 0.172 e. The predicted octanol–water partition coefficient (Wildman–Crippen LogP) is 6.27. The van der Waals surface area contributed by atoms with Gasteiger partial charge in [0.15, 0.2) is 14.7 Å². The first-order valence-electron chi connectivity index (χ1n) is 10.00. The van der Waals surface area contributed by atoms with Crippen LogP contribution < -0.4 is 0 Å². The zero-order chi connectivity index (χ0) is 24.0. The van der Waals surface area contributed by atoms with Crippen LogP contribution in [0.3, 0.4) is 0 Å². The highest BCUT2D eigenvalue weighted by atomic mass is 32.2. The van der Waals surface area contributed by atoms with Crippen molar-refractivity contribution in [2.45, 2.75) is 33.4 Å². The van der Waals surface area contributed by atoms with Crippen LogP contribution in [0.4, 0.5) is 8.78 Å². The van der Waals surface area contributed by atoms with E-state index in [0.29, 0.717) is 18.2 Å². The first-order chi connectivity index (χ1) is 15.7. The molecule has 0 aliphatic heterocycles. The van der Waals surface area contributed by atoms with Crippen LogP contribution in [-0.4, -0.2) is 13.0 Å². The smallest absolute Gasteiger partial charge is 0.172 e. The molecule has 0 aliphatic rings. The molecule has 33 heavy (non-hydrogen) atoms. The summed E-state index contributed by atoms with van der Waals surface area (Å²) >= 11 is 0. The van der Waals surface area contributed by atoms with Gasteiger partial charge in [0.25, 0.3) is 0 Å². The summed E-state index contributed by atoms with van der Waals surface area (Å²) in [6.45, 7) is 4.43. The average molecular weight is 485 g/mol. The molecular weight excluding hydrogens is 462 g/mol. The van der Waals surface area contributed by atoms with E-state index < -0.39 is 26.6 Å². The lowest BCUT2D eigenvalue weighted by Gasteiger charge is -2.12. The Morgan fingerprint density at radius 3 is 1.61 bits per heavy atom. The SMILES string of the molecule is Cc1cccc(C)c1[S+](c1ccccc1)c1ccccc1.O=S(=O)([O-])c1ccc(F)cc1F. The predicted molar refractivity (Wildman–Crippen MR) is 125 cm³/mol. The molecule has 0 saturated carbocycles. The molecule has 0 heterocycles. The van der Waals surface area contributed by atoms with Gasteiger partial charge < -0.3 is 4.55 Å². The second kappa shape index (κ2) is 10.7. The third-order valence-corrected chi connectivity index (χ3v) is 8.14. The molecule has 0 amide bonds. The molecule has 0 radical (unpaired) electrons. The maximum atomic E-state index is 12.5. The molecular formula is C26H22F2O3S2. The summed E-state index contributed by atoms with van der Waals surface area (Å²) in [4.78, 5) is 3.17. The van der Waals surface area contributed by atoms with Gasteiger partial charge in [0, 0.05) is 17.2 Å². The fraction of sp³-hybridized carbons (Fsp3) is 0.0769. The first-order valence-corrected chi connectivity index (χ1v) is 12.6. The van der Waals surface area contributed by atoms with Crippen LogP contribution in [-0.2, 0) is 21.0 Å². The molecule has 0 atom stereocenters. The lowest BCUT2D eigenvalue weighted by Crippen LogP contribution is -2.08. The van der Waals surface area contributed by atoms with Crippen LogP contribution in [0.5, 0.6) is 0 Å². The second-order valence-corrected chi connectivity index (χ2v) is 10.5. The van der Waals surface area contributed by atoms with Crippen LogP contribution in [0.15, 0.2) is 117 Å². The number of halogens is 2. The van der Waals surface area contributed by atoms with Gasteiger partial charge in [-0.1, -0.05) is 54.6 Å². The molecule has 0 spiro atoms. The molecule has 0 fully saturated rings. The van der Waals surface area contributed by atoms with Crippen LogP contribution in [0.2, 0.25) is 0 Å². The van der Waals surface area contributed by atoms with E-state index in [1.807, 2.05) is 0 Å². The number of benzene rings is 4. The minimum atomic E-state index is -4.84. The number of hydrogen-bond donors (Lipinski definition) is 0. The number of hydrogen-bond acceptors (Lipinski definition) is 3. The van der Waals surface area contributed by atoms with Crippen molar-refractivity contribution in [1.29, 1.82) is 0 Å². The summed E-state index contributed by atoms with van der Waals surface area (Å²) in [5.74, 6) is -2.30. The lowest BCUT2D eigenvalue weighted by molar-refractivity contribution is 0.453. The first kappa shape index (κ1) is 24.6. The van der Waals surface area contributed by atoms with Crippen molar-refractivity contribution in [1.82, 2.24) is 0 Å². The van der Waals surface area contributed by atoms with Gasteiger partial charge >= 0.3 is 0 Å². The minimum Gasteiger partial charge on any atom is -0.744 e. The highest BCUT2D eigenvalue weighted by molar-refractivity contribution is 7.97. The summed E-state index contributed by atoms with van der Waals surface area (Å²) in [5, 5.41) is 0. The van der Waals surface area contributed by atoms with Gasteiger partial charge in [0.05, 0.1) is 15.8 Å². The Kier molecular flexibility index (Phi) is 8.02. The molecule has 0 bridgehead atoms. The standard InChI is InChI=1S/C20H19S.C6H4F2O3S/c1-16-10-9-11-17(2)20(16)21(18-12-5-3-6-13-18)19-14-7-4-8-15-19;7-4-1-2-6(5(8)3-4)12(9,10)11/h3-15H,1-2H3;1-3H,(H,9,10,11)/q+1;/p-1. The van der Waals surface area contributed by atoms with E-state index in [4.69, 9.17) is 0 Å².